The lowest BCUT2D eigenvalue weighted by Gasteiger charge is -2.18. The maximum atomic E-state index is 12.1. The second-order valence-electron chi connectivity index (χ2n) is 5.62. The van der Waals surface area contributed by atoms with Crippen molar-refractivity contribution < 1.29 is 14.3 Å². The summed E-state index contributed by atoms with van der Waals surface area (Å²) in [6.07, 6.45) is 2.25. The molecule has 3 N–H and O–H groups in total. The van der Waals surface area contributed by atoms with Crippen molar-refractivity contribution in [2.75, 3.05) is 26.3 Å². The number of nitrogens with one attached hydrogen (secondary N) is 3. The summed E-state index contributed by atoms with van der Waals surface area (Å²) in [4.78, 5) is 23.7. The monoisotopic (exact) mass is 299 g/mol. The van der Waals surface area contributed by atoms with Gasteiger partial charge in [-0.05, 0) is 26.3 Å². The van der Waals surface area contributed by atoms with Crippen molar-refractivity contribution in [2.45, 2.75) is 52.1 Å². The van der Waals surface area contributed by atoms with Crippen molar-refractivity contribution in [3.63, 3.8) is 0 Å². The van der Waals surface area contributed by atoms with Gasteiger partial charge in [-0.3, -0.25) is 9.59 Å². The van der Waals surface area contributed by atoms with Gasteiger partial charge in [0, 0.05) is 25.0 Å². The van der Waals surface area contributed by atoms with Gasteiger partial charge < -0.3 is 20.7 Å². The number of hydrogen-bond acceptors (Lipinski definition) is 4. The molecule has 0 saturated carbocycles. The minimum Gasteiger partial charge on any atom is -0.379 e. The summed E-state index contributed by atoms with van der Waals surface area (Å²) in [5.41, 5.74) is 0. The molecule has 21 heavy (non-hydrogen) atoms. The van der Waals surface area contributed by atoms with Crippen molar-refractivity contribution in [1.82, 2.24) is 16.0 Å². The van der Waals surface area contributed by atoms with Gasteiger partial charge in [-0.2, -0.15) is 0 Å². The molecular weight excluding hydrogens is 270 g/mol. The molecule has 3 unspecified atom stereocenters. The SMILES string of the molecule is CCCNC1COCC1C(=O)NCCC(=O)NC(C)CC. The summed E-state index contributed by atoms with van der Waals surface area (Å²) in [5, 5.41) is 9.05. The van der Waals surface area contributed by atoms with Gasteiger partial charge in [-0.15, -0.1) is 0 Å². The summed E-state index contributed by atoms with van der Waals surface area (Å²) in [6.45, 7) is 8.37. The van der Waals surface area contributed by atoms with E-state index in [1.165, 1.54) is 0 Å². The molecule has 0 bridgehead atoms. The van der Waals surface area contributed by atoms with E-state index in [9.17, 15) is 9.59 Å². The molecule has 1 heterocycles. The lowest BCUT2D eigenvalue weighted by atomic mass is 10.0. The molecule has 0 radical (unpaired) electrons. The normalized spacial score (nSPS) is 22.8. The van der Waals surface area contributed by atoms with Crippen LogP contribution in [0.15, 0.2) is 0 Å². The molecule has 0 spiro atoms. The Morgan fingerprint density at radius 2 is 2.00 bits per heavy atom. The molecule has 1 saturated heterocycles. The third-order valence-electron chi connectivity index (χ3n) is 3.74. The molecule has 3 atom stereocenters. The van der Waals surface area contributed by atoms with E-state index in [0.717, 1.165) is 19.4 Å². The van der Waals surface area contributed by atoms with E-state index in [4.69, 9.17) is 4.74 Å². The smallest absolute Gasteiger partial charge is 0.227 e. The summed E-state index contributed by atoms with van der Waals surface area (Å²) >= 11 is 0. The topological polar surface area (TPSA) is 79.5 Å². The number of carbonyl (C=O) groups excluding carboxylic acids is 2. The molecule has 0 aliphatic carbocycles. The van der Waals surface area contributed by atoms with E-state index in [-0.39, 0.29) is 29.8 Å². The van der Waals surface area contributed by atoms with Gasteiger partial charge in [-0.1, -0.05) is 13.8 Å². The molecular formula is C15H29N3O3. The maximum absolute atomic E-state index is 12.1. The fraction of sp³-hybridized carbons (Fsp3) is 0.867. The first-order valence-corrected chi connectivity index (χ1v) is 7.96. The maximum Gasteiger partial charge on any atom is 0.227 e. The molecule has 0 aromatic carbocycles. The third kappa shape index (κ3) is 6.44. The molecule has 122 valence electrons. The molecule has 0 aromatic heterocycles. The fourth-order valence-corrected chi connectivity index (χ4v) is 2.22. The zero-order valence-electron chi connectivity index (χ0n) is 13.4. The van der Waals surface area contributed by atoms with Crippen LogP contribution in [-0.2, 0) is 14.3 Å². The van der Waals surface area contributed by atoms with Gasteiger partial charge in [0.2, 0.25) is 11.8 Å². The zero-order chi connectivity index (χ0) is 15.7. The summed E-state index contributed by atoms with van der Waals surface area (Å²) in [6, 6.07) is 0.262. The van der Waals surface area contributed by atoms with Crippen LogP contribution in [0.1, 0.15) is 40.0 Å². The Hall–Kier alpha value is -1.14. The average molecular weight is 299 g/mol. The van der Waals surface area contributed by atoms with Crippen LogP contribution >= 0.6 is 0 Å². The minimum atomic E-state index is -0.158. The number of carbonyl (C=O) groups is 2. The first kappa shape index (κ1) is 17.9. The van der Waals surface area contributed by atoms with Gasteiger partial charge in [0.15, 0.2) is 0 Å². The van der Waals surface area contributed by atoms with E-state index in [2.05, 4.69) is 22.9 Å². The van der Waals surface area contributed by atoms with Crippen LogP contribution in [0.5, 0.6) is 0 Å². The van der Waals surface area contributed by atoms with Gasteiger partial charge in [0.05, 0.1) is 19.1 Å². The second kappa shape index (κ2) is 9.73. The van der Waals surface area contributed by atoms with E-state index in [1.54, 1.807) is 0 Å². The van der Waals surface area contributed by atoms with Crippen molar-refractivity contribution in [2.24, 2.45) is 5.92 Å². The van der Waals surface area contributed by atoms with Crippen LogP contribution in [0.4, 0.5) is 0 Å². The predicted octanol–water partition coefficient (Wildman–Crippen LogP) is 0.422. The molecule has 2 amide bonds. The number of hydrogen-bond donors (Lipinski definition) is 3. The van der Waals surface area contributed by atoms with Gasteiger partial charge in [-0.25, -0.2) is 0 Å². The highest BCUT2D eigenvalue weighted by atomic mass is 16.5. The lowest BCUT2D eigenvalue weighted by molar-refractivity contribution is -0.125. The first-order chi connectivity index (χ1) is 10.1. The van der Waals surface area contributed by atoms with E-state index < -0.39 is 0 Å². The van der Waals surface area contributed by atoms with Gasteiger partial charge in [0.1, 0.15) is 0 Å². The van der Waals surface area contributed by atoms with E-state index in [1.807, 2.05) is 13.8 Å². The number of amides is 2. The predicted molar refractivity (Wildman–Crippen MR) is 81.9 cm³/mol. The molecule has 1 aliphatic rings. The Morgan fingerprint density at radius 3 is 2.67 bits per heavy atom. The highest BCUT2D eigenvalue weighted by Crippen LogP contribution is 2.13. The fourth-order valence-electron chi connectivity index (χ4n) is 2.22. The summed E-state index contributed by atoms with van der Waals surface area (Å²) in [7, 11) is 0. The standard InChI is InChI=1S/C15H29N3O3/c1-4-7-16-13-10-21-9-12(13)15(20)17-8-6-14(19)18-11(3)5-2/h11-13,16H,4-10H2,1-3H3,(H,17,20)(H,18,19). The summed E-state index contributed by atoms with van der Waals surface area (Å²) in [5.74, 6) is -0.209. The van der Waals surface area contributed by atoms with Crippen LogP contribution in [-0.4, -0.2) is 50.2 Å². The Bertz CT molecular complexity index is 336. The van der Waals surface area contributed by atoms with Gasteiger partial charge >= 0.3 is 0 Å². The molecule has 6 nitrogen and oxygen atoms in total. The van der Waals surface area contributed by atoms with Crippen molar-refractivity contribution in [1.29, 1.82) is 0 Å². The van der Waals surface area contributed by atoms with Crippen molar-refractivity contribution in [3.05, 3.63) is 0 Å². The van der Waals surface area contributed by atoms with E-state index >= 15 is 0 Å². The second-order valence-corrected chi connectivity index (χ2v) is 5.62. The van der Waals surface area contributed by atoms with Crippen molar-refractivity contribution >= 4 is 11.8 Å². The highest BCUT2D eigenvalue weighted by Gasteiger charge is 2.33. The molecule has 1 fully saturated rings. The molecule has 1 aliphatic heterocycles. The van der Waals surface area contributed by atoms with Crippen LogP contribution in [0, 0.1) is 5.92 Å². The number of rotatable bonds is 9. The van der Waals surface area contributed by atoms with E-state index in [0.29, 0.717) is 26.2 Å². The molecule has 0 aromatic rings. The minimum absolute atomic E-state index is 0.0204. The van der Waals surface area contributed by atoms with Crippen LogP contribution < -0.4 is 16.0 Å². The third-order valence-corrected chi connectivity index (χ3v) is 3.74. The van der Waals surface area contributed by atoms with Crippen LogP contribution in [0.2, 0.25) is 0 Å². The summed E-state index contributed by atoms with van der Waals surface area (Å²) < 4.78 is 5.38. The number of ether oxygens (including phenoxy) is 1. The Balaban J connectivity index is 2.25. The van der Waals surface area contributed by atoms with Crippen molar-refractivity contribution in [3.8, 4) is 0 Å². The van der Waals surface area contributed by atoms with Gasteiger partial charge in [0.25, 0.3) is 0 Å². The molecule has 1 rings (SSSR count). The first-order valence-electron chi connectivity index (χ1n) is 7.96. The zero-order valence-corrected chi connectivity index (χ0v) is 13.4. The average Bonchev–Trinajstić information content (AvgIpc) is 2.93. The van der Waals surface area contributed by atoms with Crippen LogP contribution in [0.25, 0.3) is 0 Å². The Morgan fingerprint density at radius 1 is 1.24 bits per heavy atom. The van der Waals surface area contributed by atoms with Crippen LogP contribution in [0.3, 0.4) is 0 Å². The lowest BCUT2D eigenvalue weighted by Crippen LogP contribution is -2.45. The quantitative estimate of drug-likeness (QED) is 0.576. The molecule has 6 heteroatoms. The Kier molecular flexibility index (Phi) is 8.30. The largest absolute Gasteiger partial charge is 0.379 e. The Labute approximate surface area is 127 Å². The highest BCUT2D eigenvalue weighted by molar-refractivity contribution is 5.81.